The van der Waals surface area contributed by atoms with Crippen LogP contribution in [0, 0.1) is 6.92 Å². The Morgan fingerprint density at radius 2 is 1.74 bits per heavy atom. The van der Waals surface area contributed by atoms with E-state index in [2.05, 4.69) is 40.2 Å². The third kappa shape index (κ3) is 5.35. The van der Waals surface area contributed by atoms with Gasteiger partial charge in [0, 0.05) is 25.1 Å². The summed E-state index contributed by atoms with van der Waals surface area (Å²) in [6.07, 6.45) is 1.52. The second-order valence-corrected chi connectivity index (χ2v) is 8.75. The highest BCUT2D eigenvalue weighted by atomic mass is 16.5. The minimum atomic E-state index is -0.0554. The van der Waals surface area contributed by atoms with Crippen LogP contribution in [0.1, 0.15) is 28.2 Å². The number of nitrogens with zero attached hydrogens (tertiary/aromatic N) is 2. The molecule has 1 aromatic heterocycles. The molecule has 4 aromatic carbocycles. The molecule has 0 unspecified atom stereocenters. The zero-order chi connectivity index (χ0) is 24.0. The molecule has 176 valence electrons. The molecule has 0 saturated heterocycles. The summed E-state index contributed by atoms with van der Waals surface area (Å²) in [7, 11) is 0. The molecule has 35 heavy (non-hydrogen) atoms. The standard InChI is InChI=1S/C30H29N3O2/c1-22-8-6-11-25(20-22)30(34)31-17-16-29-32-27-12-4-5-13-28(27)33(29)18-7-19-35-26-15-14-23-9-2-3-10-24(23)21-26/h2-6,8-15,20-21H,7,16-19H2,1H3,(H,31,34). The molecule has 0 saturated carbocycles. The first kappa shape index (κ1) is 22.7. The van der Waals surface area contributed by atoms with E-state index in [4.69, 9.17) is 9.72 Å². The van der Waals surface area contributed by atoms with E-state index < -0.39 is 0 Å². The first-order valence-electron chi connectivity index (χ1n) is 12.1. The van der Waals surface area contributed by atoms with Gasteiger partial charge in [0.2, 0.25) is 0 Å². The number of carbonyl (C=O) groups excluding carboxylic acids is 1. The Balaban J connectivity index is 1.21. The second-order valence-electron chi connectivity index (χ2n) is 8.75. The SMILES string of the molecule is Cc1cccc(C(=O)NCCc2nc3ccccc3n2CCCOc2ccc3ccccc3c2)c1. The number of hydrogen-bond donors (Lipinski definition) is 1. The zero-order valence-electron chi connectivity index (χ0n) is 19.9. The van der Waals surface area contributed by atoms with Gasteiger partial charge < -0.3 is 14.6 Å². The third-order valence-corrected chi connectivity index (χ3v) is 6.16. The van der Waals surface area contributed by atoms with E-state index in [1.807, 2.05) is 67.6 Å². The van der Waals surface area contributed by atoms with Gasteiger partial charge in [-0.05, 0) is 60.5 Å². The third-order valence-electron chi connectivity index (χ3n) is 6.16. The minimum Gasteiger partial charge on any atom is -0.494 e. The summed E-state index contributed by atoms with van der Waals surface area (Å²) in [5.41, 5.74) is 3.84. The number of amides is 1. The molecule has 0 aliphatic heterocycles. The number of nitrogens with one attached hydrogen (secondary N) is 1. The quantitative estimate of drug-likeness (QED) is 0.275. The summed E-state index contributed by atoms with van der Waals surface area (Å²) in [6, 6.07) is 30.3. The minimum absolute atomic E-state index is 0.0554. The lowest BCUT2D eigenvalue weighted by Gasteiger charge is -2.11. The smallest absolute Gasteiger partial charge is 0.251 e. The average Bonchev–Trinajstić information content (AvgIpc) is 3.23. The van der Waals surface area contributed by atoms with Crippen molar-refractivity contribution in [3.63, 3.8) is 0 Å². The summed E-state index contributed by atoms with van der Waals surface area (Å²) in [5.74, 6) is 1.81. The lowest BCUT2D eigenvalue weighted by atomic mass is 10.1. The molecule has 0 atom stereocenters. The average molecular weight is 464 g/mol. The number of para-hydroxylation sites is 2. The normalized spacial score (nSPS) is 11.1. The predicted octanol–water partition coefficient (Wildman–Crippen LogP) is 5.94. The lowest BCUT2D eigenvalue weighted by Crippen LogP contribution is -2.26. The van der Waals surface area contributed by atoms with Crippen molar-refractivity contribution in [2.24, 2.45) is 0 Å². The van der Waals surface area contributed by atoms with Crippen LogP contribution in [0.4, 0.5) is 0 Å². The first-order chi connectivity index (χ1) is 17.2. The van der Waals surface area contributed by atoms with Gasteiger partial charge in [-0.1, -0.05) is 60.2 Å². The largest absolute Gasteiger partial charge is 0.494 e. The highest BCUT2D eigenvalue weighted by Crippen LogP contribution is 2.21. The Bertz CT molecular complexity index is 1470. The maximum absolute atomic E-state index is 12.5. The number of hydrogen-bond acceptors (Lipinski definition) is 3. The number of rotatable bonds is 9. The number of benzene rings is 4. The summed E-state index contributed by atoms with van der Waals surface area (Å²) in [6.45, 7) is 3.94. The van der Waals surface area contributed by atoms with Crippen LogP contribution >= 0.6 is 0 Å². The van der Waals surface area contributed by atoms with Gasteiger partial charge in [0.05, 0.1) is 17.6 Å². The van der Waals surface area contributed by atoms with E-state index >= 15 is 0 Å². The molecule has 0 aliphatic rings. The van der Waals surface area contributed by atoms with Crippen LogP contribution in [0.25, 0.3) is 21.8 Å². The number of fused-ring (bicyclic) bond motifs is 2. The number of ether oxygens (including phenoxy) is 1. The molecule has 0 bridgehead atoms. The Morgan fingerprint density at radius 3 is 2.63 bits per heavy atom. The Hall–Kier alpha value is -4.12. The fourth-order valence-corrected chi connectivity index (χ4v) is 4.41. The van der Waals surface area contributed by atoms with Crippen molar-refractivity contribution in [1.29, 1.82) is 0 Å². The van der Waals surface area contributed by atoms with Crippen LogP contribution in [-0.4, -0.2) is 28.6 Å². The first-order valence-corrected chi connectivity index (χ1v) is 12.1. The molecule has 1 heterocycles. The van der Waals surface area contributed by atoms with Crippen molar-refractivity contribution in [3.8, 4) is 5.75 Å². The molecule has 5 nitrogen and oxygen atoms in total. The van der Waals surface area contributed by atoms with Crippen molar-refractivity contribution in [3.05, 3.63) is 108 Å². The van der Waals surface area contributed by atoms with Crippen LogP contribution in [0.5, 0.6) is 5.75 Å². The molecule has 0 aliphatic carbocycles. The van der Waals surface area contributed by atoms with E-state index in [9.17, 15) is 4.79 Å². The number of carbonyl (C=O) groups is 1. The van der Waals surface area contributed by atoms with Gasteiger partial charge in [0.1, 0.15) is 11.6 Å². The Morgan fingerprint density at radius 1 is 0.914 bits per heavy atom. The van der Waals surface area contributed by atoms with Gasteiger partial charge in [0.15, 0.2) is 0 Å². The van der Waals surface area contributed by atoms with Gasteiger partial charge in [-0.2, -0.15) is 0 Å². The summed E-state index contributed by atoms with van der Waals surface area (Å²) >= 11 is 0. The summed E-state index contributed by atoms with van der Waals surface area (Å²) < 4.78 is 8.29. The fourth-order valence-electron chi connectivity index (χ4n) is 4.41. The highest BCUT2D eigenvalue weighted by Gasteiger charge is 2.12. The second kappa shape index (κ2) is 10.4. The van der Waals surface area contributed by atoms with Gasteiger partial charge >= 0.3 is 0 Å². The molecule has 5 rings (SSSR count). The predicted molar refractivity (Wildman–Crippen MR) is 141 cm³/mol. The molecule has 1 amide bonds. The molecular weight excluding hydrogens is 434 g/mol. The van der Waals surface area contributed by atoms with Gasteiger partial charge in [0.25, 0.3) is 5.91 Å². The molecule has 0 spiro atoms. The summed E-state index contributed by atoms with van der Waals surface area (Å²) in [5, 5.41) is 5.43. The fraction of sp³-hybridized carbons (Fsp3) is 0.200. The maximum Gasteiger partial charge on any atom is 0.251 e. The van der Waals surface area contributed by atoms with Crippen LogP contribution < -0.4 is 10.1 Å². The van der Waals surface area contributed by atoms with E-state index in [-0.39, 0.29) is 5.91 Å². The van der Waals surface area contributed by atoms with E-state index in [1.165, 1.54) is 10.8 Å². The van der Waals surface area contributed by atoms with Crippen LogP contribution in [0.2, 0.25) is 0 Å². The molecule has 0 radical (unpaired) electrons. The molecule has 1 N–H and O–H groups in total. The van der Waals surface area contributed by atoms with Crippen molar-refractivity contribution in [1.82, 2.24) is 14.9 Å². The van der Waals surface area contributed by atoms with Crippen LogP contribution in [-0.2, 0) is 13.0 Å². The Labute approximate surface area is 205 Å². The molecule has 5 heteroatoms. The van der Waals surface area contributed by atoms with Crippen LogP contribution in [0.3, 0.4) is 0 Å². The van der Waals surface area contributed by atoms with Crippen molar-refractivity contribution in [2.45, 2.75) is 26.3 Å². The van der Waals surface area contributed by atoms with E-state index in [1.54, 1.807) is 0 Å². The van der Waals surface area contributed by atoms with E-state index in [0.29, 0.717) is 25.1 Å². The monoisotopic (exact) mass is 463 g/mol. The van der Waals surface area contributed by atoms with Gasteiger partial charge in [-0.15, -0.1) is 0 Å². The zero-order valence-corrected chi connectivity index (χ0v) is 19.9. The van der Waals surface area contributed by atoms with E-state index in [0.717, 1.165) is 41.1 Å². The molecule has 5 aromatic rings. The van der Waals surface area contributed by atoms with Gasteiger partial charge in [-0.25, -0.2) is 4.98 Å². The van der Waals surface area contributed by atoms with Crippen LogP contribution in [0.15, 0.2) is 91.0 Å². The topological polar surface area (TPSA) is 56.2 Å². The number of aryl methyl sites for hydroxylation is 2. The lowest BCUT2D eigenvalue weighted by molar-refractivity contribution is 0.0954. The van der Waals surface area contributed by atoms with Crippen molar-refractivity contribution in [2.75, 3.05) is 13.2 Å². The number of imidazole rings is 1. The number of aromatic nitrogens is 2. The summed E-state index contributed by atoms with van der Waals surface area (Å²) in [4.78, 5) is 17.4. The Kier molecular flexibility index (Phi) is 6.75. The molecular formula is C30H29N3O2. The molecule has 0 fully saturated rings. The highest BCUT2D eigenvalue weighted by molar-refractivity contribution is 5.94. The van der Waals surface area contributed by atoms with Gasteiger partial charge in [-0.3, -0.25) is 4.79 Å². The van der Waals surface area contributed by atoms with Crippen molar-refractivity contribution < 1.29 is 9.53 Å². The maximum atomic E-state index is 12.5. The van der Waals surface area contributed by atoms with Crippen molar-refractivity contribution >= 4 is 27.7 Å².